The Labute approximate surface area is 140 Å². The van der Waals surface area contributed by atoms with Gasteiger partial charge in [0.25, 0.3) is 0 Å². The summed E-state index contributed by atoms with van der Waals surface area (Å²) in [5, 5.41) is 0. The Morgan fingerprint density at radius 1 is 0.682 bits per heavy atom. The van der Waals surface area contributed by atoms with Crippen LogP contribution in [0.4, 0.5) is 0 Å². The van der Waals surface area contributed by atoms with Gasteiger partial charge in [-0.05, 0) is 56.3 Å². The summed E-state index contributed by atoms with van der Waals surface area (Å²) in [5.41, 5.74) is 0. The van der Waals surface area contributed by atoms with E-state index in [4.69, 9.17) is 0 Å². The van der Waals surface area contributed by atoms with Gasteiger partial charge in [-0.2, -0.15) is 0 Å². The largest absolute Gasteiger partial charge is 0.0914 e. The van der Waals surface area contributed by atoms with Crippen LogP contribution in [0.3, 0.4) is 0 Å². The Kier molecular flexibility index (Phi) is 8.63. The van der Waals surface area contributed by atoms with E-state index in [2.05, 4.69) is 26.0 Å². The molecule has 0 unspecified atom stereocenters. The number of hydrogen-bond acceptors (Lipinski definition) is 0. The first-order valence-electron chi connectivity index (χ1n) is 10.4. The number of allylic oxidation sites excluding steroid dienone is 2. The summed E-state index contributed by atoms with van der Waals surface area (Å²) in [6.45, 7) is 4.51. The Morgan fingerprint density at radius 3 is 1.59 bits per heavy atom. The summed E-state index contributed by atoms with van der Waals surface area (Å²) in [6.07, 6.45) is 25.7. The van der Waals surface area contributed by atoms with Crippen LogP contribution in [0.25, 0.3) is 0 Å². The summed E-state index contributed by atoms with van der Waals surface area (Å²) in [6, 6.07) is 0. The smallest absolute Gasteiger partial charge is 0.0233 e. The first-order chi connectivity index (χ1) is 10.8. The molecule has 0 saturated heterocycles. The number of rotatable bonds is 8. The third-order valence-corrected chi connectivity index (χ3v) is 6.49. The molecule has 2 rings (SSSR count). The first-order valence-corrected chi connectivity index (χ1v) is 10.4. The van der Waals surface area contributed by atoms with E-state index in [0.717, 1.165) is 23.7 Å². The van der Waals surface area contributed by atoms with Gasteiger partial charge in [-0.3, -0.25) is 0 Å². The Bertz CT molecular complexity index is 287. The van der Waals surface area contributed by atoms with Crippen molar-refractivity contribution in [2.45, 2.75) is 104 Å². The molecule has 0 amide bonds. The summed E-state index contributed by atoms with van der Waals surface area (Å²) in [5.74, 6) is 4.12. The summed E-state index contributed by atoms with van der Waals surface area (Å²) >= 11 is 0. The molecule has 2 saturated carbocycles. The SMILES string of the molecule is C/C=C/C1CCC(CCCCC2CCC(CCC)CC2)CC1. The minimum atomic E-state index is 0.902. The lowest BCUT2D eigenvalue weighted by atomic mass is 9.77. The molecule has 0 heteroatoms. The molecule has 22 heavy (non-hydrogen) atoms. The maximum absolute atomic E-state index is 2.44. The topological polar surface area (TPSA) is 0 Å². The minimum Gasteiger partial charge on any atom is -0.0914 e. The third-order valence-electron chi connectivity index (χ3n) is 6.49. The van der Waals surface area contributed by atoms with E-state index in [1.54, 1.807) is 12.8 Å². The molecule has 0 atom stereocenters. The van der Waals surface area contributed by atoms with Crippen LogP contribution in [0.15, 0.2) is 12.2 Å². The predicted molar refractivity (Wildman–Crippen MR) is 99.1 cm³/mol. The van der Waals surface area contributed by atoms with Crippen molar-refractivity contribution >= 4 is 0 Å². The molecule has 0 nitrogen and oxygen atoms in total. The second kappa shape index (κ2) is 10.5. The maximum Gasteiger partial charge on any atom is -0.0233 e. The highest BCUT2D eigenvalue weighted by molar-refractivity contribution is 4.88. The summed E-state index contributed by atoms with van der Waals surface area (Å²) in [7, 11) is 0. The average molecular weight is 305 g/mol. The van der Waals surface area contributed by atoms with E-state index in [0.29, 0.717) is 0 Å². The van der Waals surface area contributed by atoms with E-state index < -0.39 is 0 Å². The van der Waals surface area contributed by atoms with Crippen LogP contribution in [0, 0.1) is 23.7 Å². The standard InChI is InChI=1S/C22H40/c1-3-7-19-11-15-21(16-12-19)9-5-6-10-22-17-13-20(8-4-2)14-18-22/h3,7,19-22H,4-6,8-18H2,1-2H3/b7-3+. The van der Waals surface area contributed by atoms with E-state index in [1.165, 1.54) is 77.0 Å². The Balaban J connectivity index is 1.48. The second-order valence-electron chi connectivity index (χ2n) is 8.27. The molecule has 0 aliphatic heterocycles. The molecule has 2 aliphatic rings. The normalized spacial score (nSPS) is 33.4. The van der Waals surface area contributed by atoms with Crippen molar-refractivity contribution in [1.82, 2.24) is 0 Å². The lowest BCUT2D eigenvalue weighted by molar-refractivity contribution is 0.242. The molecule has 0 bridgehead atoms. The zero-order valence-electron chi connectivity index (χ0n) is 15.4. The molecule has 2 aliphatic carbocycles. The van der Waals surface area contributed by atoms with Crippen LogP contribution in [0.2, 0.25) is 0 Å². The minimum absolute atomic E-state index is 0.902. The lowest BCUT2D eigenvalue weighted by Crippen LogP contribution is -2.15. The van der Waals surface area contributed by atoms with Gasteiger partial charge in [0.05, 0.1) is 0 Å². The summed E-state index contributed by atoms with van der Waals surface area (Å²) in [4.78, 5) is 0. The van der Waals surface area contributed by atoms with E-state index in [1.807, 2.05) is 0 Å². The maximum atomic E-state index is 2.44. The zero-order valence-corrected chi connectivity index (χ0v) is 15.4. The molecule has 0 spiro atoms. The molecule has 0 radical (unpaired) electrons. The van der Waals surface area contributed by atoms with Crippen LogP contribution in [0.5, 0.6) is 0 Å². The molecule has 2 fully saturated rings. The van der Waals surface area contributed by atoms with Gasteiger partial charge in [0, 0.05) is 0 Å². The van der Waals surface area contributed by atoms with Gasteiger partial charge >= 0.3 is 0 Å². The highest BCUT2D eigenvalue weighted by Gasteiger charge is 2.21. The van der Waals surface area contributed by atoms with E-state index in [9.17, 15) is 0 Å². The Hall–Kier alpha value is -0.260. The van der Waals surface area contributed by atoms with Crippen LogP contribution < -0.4 is 0 Å². The predicted octanol–water partition coefficient (Wildman–Crippen LogP) is 7.54. The summed E-state index contributed by atoms with van der Waals surface area (Å²) < 4.78 is 0. The zero-order chi connectivity index (χ0) is 15.6. The quantitative estimate of drug-likeness (QED) is 0.321. The van der Waals surface area contributed by atoms with Crippen LogP contribution in [-0.4, -0.2) is 0 Å². The van der Waals surface area contributed by atoms with E-state index >= 15 is 0 Å². The Morgan fingerprint density at radius 2 is 1.14 bits per heavy atom. The fraction of sp³-hybridized carbons (Fsp3) is 0.909. The van der Waals surface area contributed by atoms with Crippen LogP contribution in [-0.2, 0) is 0 Å². The molecule has 128 valence electrons. The average Bonchev–Trinajstić information content (AvgIpc) is 2.55. The van der Waals surface area contributed by atoms with Crippen molar-refractivity contribution in [3.05, 3.63) is 12.2 Å². The molecule has 0 aromatic carbocycles. The van der Waals surface area contributed by atoms with Crippen molar-refractivity contribution < 1.29 is 0 Å². The van der Waals surface area contributed by atoms with Gasteiger partial charge < -0.3 is 0 Å². The third kappa shape index (κ3) is 6.47. The van der Waals surface area contributed by atoms with Crippen LogP contribution in [0.1, 0.15) is 104 Å². The van der Waals surface area contributed by atoms with E-state index in [-0.39, 0.29) is 0 Å². The molecular formula is C22H40. The van der Waals surface area contributed by atoms with Gasteiger partial charge in [0.1, 0.15) is 0 Å². The molecule has 0 heterocycles. The molecule has 0 aromatic rings. The second-order valence-corrected chi connectivity index (χ2v) is 8.27. The fourth-order valence-corrected chi connectivity index (χ4v) is 5.02. The van der Waals surface area contributed by atoms with Crippen molar-refractivity contribution in [1.29, 1.82) is 0 Å². The molecule has 0 aromatic heterocycles. The van der Waals surface area contributed by atoms with Gasteiger partial charge in [-0.25, -0.2) is 0 Å². The highest BCUT2D eigenvalue weighted by Crippen LogP contribution is 2.35. The molecule has 0 N–H and O–H groups in total. The van der Waals surface area contributed by atoms with Crippen molar-refractivity contribution in [2.75, 3.05) is 0 Å². The number of unbranched alkanes of at least 4 members (excludes halogenated alkanes) is 1. The number of hydrogen-bond donors (Lipinski definition) is 0. The van der Waals surface area contributed by atoms with Crippen molar-refractivity contribution in [2.24, 2.45) is 23.7 Å². The van der Waals surface area contributed by atoms with Gasteiger partial charge in [-0.1, -0.05) is 83.3 Å². The van der Waals surface area contributed by atoms with Gasteiger partial charge in [0.2, 0.25) is 0 Å². The molecular weight excluding hydrogens is 264 g/mol. The fourth-order valence-electron chi connectivity index (χ4n) is 5.02. The highest BCUT2D eigenvalue weighted by atomic mass is 14.3. The van der Waals surface area contributed by atoms with Crippen LogP contribution >= 0.6 is 0 Å². The first kappa shape index (κ1) is 18.1. The van der Waals surface area contributed by atoms with Gasteiger partial charge in [0.15, 0.2) is 0 Å². The van der Waals surface area contributed by atoms with Crippen molar-refractivity contribution in [3.8, 4) is 0 Å². The monoisotopic (exact) mass is 304 g/mol. The lowest BCUT2D eigenvalue weighted by Gasteiger charge is -2.29. The van der Waals surface area contributed by atoms with Gasteiger partial charge in [-0.15, -0.1) is 0 Å². The van der Waals surface area contributed by atoms with Crippen molar-refractivity contribution in [3.63, 3.8) is 0 Å².